The maximum atomic E-state index is 4.72. The normalized spacial score (nSPS) is 11.2. The average molecular weight is 472 g/mol. The largest absolute Gasteiger partial charge is 0.357 e. The molecule has 0 unspecified atom stereocenters. The molecular formula is C19H29IN4S. The van der Waals surface area contributed by atoms with E-state index < -0.39 is 0 Å². The molecule has 0 amide bonds. The smallest absolute Gasteiger partial charge is 0.191 e. The number of aromatic nitrogens is 1. The molecular weight excluding hydrogens is 443 g/mol. The number of nitrogens with zero attached hydrogens (tertiary/aromatic N) is 2. The molecule has 0 bridgehead atoms. The Morgan fingerprint density at radius 3 is 2.52 bits per heavy atom. The van der Waals surface area contributed by atoms with Crippen molar-refractivity contribution in [2.75, 3.05) is 13.1 Å². The average Bonchev–Trinajstić information content (AvgIpc) is 2.84. The Kier molecular flexibility index (Phi) is 9.42. The van der Waals surface area contributed by atoms with E-state index in [0.29, 0.717) is 6.54 Å². The second-order valence-electron chi connectivity index (χ2n) is 6.04. The number of guanidine groups is 1. The molecule has 2 aromatic rings. The van der Waals surface area contributed by atoms with Gasteiger partial charge in [0, 0.05) is 24.4 Å². The van der Waals surface area contributed by atoms with Crippen molar-refractivity contribution in [1.82, 2.24) is 15.6 Å². The molecule has 0 aliphatic carbocycles. The van der Waals surface area contributed by atoms with Crippen molar-refractivity contribution in [3.63, 3.8) is 0 Å². The van der Waals surface area contributed by atoms with E-state index in [9.17, 15) is 0 Å². The molecule has 4 nitrogen and oxygen atoms in total. The molecule has 0 aliphatic rings. The van der Waals surface area contributed by atoms with Crippen molar-refractivity contribution in [2.45, 2.75) is 47.6 Å². The molecule has 2 rings (SSSR count). The topological polar surface area (TPSA) is 49.3 Å². The second-order valence-corrected chi connectivity index (χ2v) is 7.33. The summed E-state index contributed by atoms with van der Waals surface area (Å²) >= 11 is 1.78. The molecule has 0 fully saturated rings. The van der Waals surface area contributed by atoms with Gasteiger partial charge in [-0.05, 0) is 45.7 Å². The first-order valence-corrected chi connectivity index (χ1v) is 9.32. The number of benzene rings is 1. The molecule has 0 saturated heterocycles. The van der Waals surface area contributed by atoms with E-state index in [0.717, 1.165) is 36.2 Å². The van der Waals surface area contributed by atoms with Gasteiger partial charge in [0.05, 0.1) is 17.2 Å². The van der Waals surface area contributed by atoms with Crippen LogP contribution in [0.1, 0.15) is 39.2 Å². The summed E-state index contributed by atoms with van der Waals surface area (Å²) in [6.07, 6.45) is 0.977. The standard InChI is InChI=1S/C19H28N4S.HI/c1-6-20-19(21-10-9-18-15(4)23-16(5)24-18)22-12-17-8-7-13(2)11-14(17)3;/h7-8,11H,6,9-10,12H2,1-5H3,(H2,20,21,22);1H. The number of hydrogen-bond donors (Lipinski definition) is 2. The third kappa shape index (κ3) is 6.93. The fourth-order valence-electron chi connectivity index (χ4n) is 2.63. The lowest BCUT2D eigenvalue weighted by Crippen LogP contribution is -2.38. The Bertz CT molecular complexity index is 709. The Hall–Kier alpha value is -1.15. The van der Waals surface area contributed by atoms with E-state index in [1.807, 2.05) is 0 Å². The first-order chi connectivity index (χ1) is 11.5. The lowest BCUT2D eigenvalue weighted by atomic mass is 10.1. The highest BCUT2D eigenvalue weighted by Gasteiger charge is 2.05. The zero-order chi connectivity index (χ0) is 17.5. The zero-order valence-electron chi connectivity index (χ0n) is 15.8. The van der Waals surface area contributed by atoms with Gasteiger partial charge in [-0.3, -0.25) is 0 Å². The minimum atomic E-state index is 0. The summed E-state index contributed by atoms with van der Waals surface area (Å²) in [6.45, 7) is 12.9. The van der Waals surface area contributed by atoms with Crippen LogP contribution in [0, 0.1) is 27.7 Å². The molecule has 1 aromatic carbocycles. The molecule has 1 heterocycles. The Labute approximate surface area is 172 Å². The van der Waals surface area contributed by atoms with E-state index in [1.165, 1.54) is 21.6 Å². The maximum absolute atomic E-state index is 4.72. The highest BCUT2D eigenvalue weighted by Crippen LogP contribution is 2.17. The summed E-state index contributed by atoms with van der Waals surface area (Å²) in [5.74, 6) is 0.872. The molecule has 25 heavy (non-hydrogen) atoms. The SMILES string of the molecule is CCNC(=NCc1ccc(C)cc1C)NCCc1sc(C)nc1C.I. The minimum absolute atomic E-state index is 0. The van der Waals surface area contributed by atoms with Gasteiger partial charge in [0.1, 0.15) is 0 Å². The Balaban J connectivity index is 0.00000312. The third-order valence-electron chi connectivity index (χ3n) is 3.89. The summed E-state index contributed by atoms with van der Waals surface area (Å²) in [6, 6.07) is 6.52. The lowest BCUT2D eigenvalue weighted by molar-refractivity contribution is 0.801. The van der Waals surface area contributed by atoms with Gasteiger partial charge in [-0.15, -0.1) is 35.3 Å². The van der Waals surface area contributed by atoms with Crippen LogP contribution in [-0.4, -0.2) is 24.0 Å². The summed E-state index contributed by atoms with van der Waals surface area (Å²) in [5, 5.41) is 7.88. The van der Waals surface area contributed by atoms with Gasteiger partial charge in [0.15, 0.2) is 5.96 Å². The minimum Gasteiger partial charge on any atom is -0.357 e. The van der Waals surface area contributed by atoms with Gasteiger partial charge in [0.2, 0.25) is 0 Å². The molecule has 0 saturated carbocycles. The van der Waals surface area contributed by atoms with Gasteiger partial charge in [-0.1, -0.05) is 23.8 Å². The third-order valence-corrected chi connectivity index (χ3v) is 5.03. The molecule has 2 N–H and O–H groups in total. The van der Waals surface area contributed by atoms with E-state index in [2.05, 4.69) is 68.4 Å². The van der Waals surface area contributed by atoms with Gasteiger partial charge >= 0.3 is 0 Å². The summed E-state index contributed by atoms with van der Waals surface area (Å²) < 4.78 is 0. The summed E-state index contributed by atoms with van der Waals surface area (Å²) in [4.78, 5) is 10.6. The van der Waals surface area contributed by atoms with Crippen molar-refractivity contribution in [3.8, 4) is 0 Å². The highest BCUT2D eigenvalue weighted by atomic mass is 127. The number of rotatable bonds is 6. The van der Waals surface area contributed by atoms with Crippen molar-refractivity contribution in [3.05, 3.63) is 50.5 Å². The van der Waals surface area contributed by atoms with Crippen molar-refractivity contribution in [2.24, 2.45) is 4.99 Å². The predicted octanol–water partition coefficient (Wildman–Crippen LogP) is 4.29. The number of aryl methyl sites for hydroxylation is 4. The van der Waals surface area contributed by atoms with Crippen LogP contribution in [0.25, 0.3) is 0 Å². The number of halogens is 1. The maximum Gasteiger partial charge on any atom is 0.191 e. The van der Waals surface area contributed by atoms with Crippen molar-refractivity contribution in [1.29, 1.82) is 0 Å². The lowest BCUT2D eigenvalue weighted by Gasteiger charge is -2.12. The number of hydrogen-bond acceptors (Lipinski definition) is 3. The van der Waals surface area contributed by atoms with Gasteiger partial charge < -0.3 is 10.6 Å². The molecule has 1 aromatic heterocycles. The van der Waals surface area contributed by atoms with Crippen LogP contribution in [0.4, 0.5) is 0 Å². The molecule has 0 aliphatic heterocycles. The first kappa shape index (κ1) is 21.9. The fraction of sp³-hybridized carbons (Fsp3) is 0.474. The summed E-state index contributed by atoms with van der Waals surface area (Å²) in [5.41, 5.74) is 5.01. The van der Waals surface area contributed by atoms with Crippen molar-refractivity contribution < 1.29 is 0 Å². The van der Waals surface area contributed by atoms with Crippen LogP contribution in [0.2, 0.25) is 0 Å². The Morgan fingerprint density at radius 2 is 1.92 bits per heavy atom. The van der Waals surface area contributed by atoms with Crippen LogP contribution >= 0.6 is 35.3 Å². The Morgan fingerprint density at radius 1 is 1.16 bits per heavy atom. The van der Waals surface area contributed by atoms with Crippen LogP contribution in [0.3, 0.4) is 0 Å². The van der Waals surface area contributed by atoms with Crippen LogP contribution in [0.5, 0.6) is 0 Å². The van der Waals surface area contributed by atoms with Gasteiger partial charge in [0.25, 0.3) is 0 Å². The van der Waals surface area contributed by atoms with Crippen LogP contribution in [0.15, 0.2) is 23.2 Å². The molecule has 0 radical (unpaired) electrons. The highest BCUT2D eigenvalue weighted by molar-refractivity contribution is 14.0. The van der Waals surface area contributed by atoms with E-state index in [-0.39, 0.29) is 24.0 Å². The number of nitrogens with one attached hydrogen (secondary N) is 2. The van der Waals surface area contributed by atoms with E-state index >= 15 is 0 Å². The van der Waals surface area contributed by atoms with E-state index in [1.54, 1.807) is 11.3 Å². The van der Waals surface area contributed by atoms with Crippen molar-refractivity contribution >= 4 is 41.3 Å². The molecule has 6 heteroatoms. The number of thiazole rings is 1. The predicted molar refractivity (Wildman–Crippen MR) is 119 cm³/mol. The zero-order valence-corrected chi connectivity index (χ0v) is 18.9. The fourth-order valence-corrected chi connectivity index (χ4v) is 3.57. The quantitative estimate of drug-likeness (QED) is 0.375. The van der Waals surface area contributed by atoms with E-state index in [4.69, 9.17) is 4.99 Å². The van der Waals surface area contributed by atoms with Gasteiger partial charge in [-0.2, -0.15) is 0 Å². The molecule has 0 spiro atoms. The molecule has 0 atom stereocenters. The second kappa shape index (κ2) is 10.8. The molecule has 138 valence electrons. The van der Waals surface area contributed by atoms with Crippen LogP contribution < -0.4 is 10.6 Å². The number of aliphatic imine (C=N–C) groups is 1. The van der Waals surface area contributed by atoms with Gasteiger partial charge in [-0.25, -0.2) is 9.98 Å². The first-order valence-electron chi connectivity index (χ1n) is 8.50. The monoisotopic (exact) mass is 472 g/mol. The summed E-state index contributed by atoms with van der Waals surface area (Å²) in [7, 11) is 0. The van der Waals surface area contributed by atoms with Crippen LogP contribution in [-0.2, 0) is 13.0 Å².